The maximum atomic E-state index is 6.04. The molecule has 1 aliphatic carbocycles. The van der Waals surface area contributed by atoms with E-state index < -0.39 is 0 Å². The van der Waals surface area contributed by atoms with Gasteiger partial charge in [-0.1, -0.05) is 43.3 Å². The molecule has 1 heteroatoms. The van der Waals surface area contributed by atoms with Crippen LogP contribution in [0.5, 0.6) is 0 Å². The Morgan fingerprint density at radius 3 is 2.53 bits per heavy atom. The molecule has 0 spiro atoms. The monoisotopic (exact) mass is 195 g/mol. The Balaban J connectivity index is 2.37. The van der Waals surface area contributed by atoms with E-state index in [2.05, 4.69) is 37.3 Å². The molecule has 0 bridgehead atoms. The van der Waals surface area contributed by atoms with Gasteiger partial charge in [0.15, 0.2) is 0 Å². The SMILES string of the molecule is CC1c2ccccc2-c2cccc(N)c21. The largest absolute Gasteiger partial charge is 0.398 e. The number of nitrogens with two attached hydrogens (primary N) is 1. The third-order valence-electron chi connectivity index (χ3n) is 3.29. The first-order valence-electron chi connectivity index (χ1n) is 5.26. The number of rotatable bonds is 0. The van der Waals surface area contributed by atoms with Crippen molar-refractivity contribution in [3.63, 3.8) is 0 Å². The first kappa shape index (κ1) is 8.54. The lowest BCUT2D eigenvalue weighted by Crippen LogP contribution is -1.96. The molecule has 0 heterocycles. The number of hydrogen-bond acceptors (Lipinski definition) is 1. The highest BCUT2D eigenvalue weighted by molar-refractivity contribution is 5.83. The van der Waals surface area contributed by atoms with E-state index >= 15 is 0 Å². The molecule has 15 heavy (non-hydrogen) atoms. The smallest absolute Gasteiger partial charge is 0.0358 e. The molecule has 2 aromatic carbocycles. The Kier molecular flexibility index (Phi) is 1.63. The first-order chi connectivity index (χ1) is 7.29. The lowest BCUT2D eigenvalue weighted by molar-refractivity contribution is 0.960. The van der Waals surface area contributed by atoms with Crippen molar-refractivity contribution in [2.45, 2.75) is 12.8 Å². The topological polar surface area (TPSA) is 26.0 Å². The molecule has 0 aliphatic heterocycles. The highest BCUT2D eigenvalue weighted by Gasteiger charge is 2.26. The maximum Gasteiger partial charge on any atom is 0.0358 e. The fourth-order valence-electron chi connectivity index (χ4n) is 2.58. The van der Waals surface area contributed by atoms with E-state index in [9.17, 15) is 0 Å². The normalized spacial score (nSPS) is 17.3. The Labute approximate surface area is 89.6 Å². The van der Waals surface area contributed by atoms with Crippen molar-refractivity contribution in [2.75, 3.05) is 5.73 Å². The molecule has 0 fully saturated rings. The Hall–Kier alpha value is -1.76. The van der Waals surface area contributed by atoms with Gasteiger partial charge in [-0.05, 0) is 28.3 Å². The Morgan fingerprint density at radius 1 is 0.933 bits per heavy atom. The molecule has 2 N–H and O–H groups in total. The van der Waals surface area contributed by atoms with Crippen LogP contribution in [0.25, 0.3) is 11.1 Å². The number of fused-ring (bicyclic) bond motifs is 3. The highest BCUT2D eigenvalue weighted by Crippen LogP contribution is 2.46. The molecule has 0 radical (unpaired) electrons. The van der Waals surface area contributed by atoms with Crippen LogP contribution in [0.1, 0.15) is 24.0 Å². The second-order valence-corrected chi connectivity index (χ2v) is 4.12. The summed E-state index contributed by atoms with van der Waals surface area (Å²) in [6.45, 7) is 2.22. The standard InChI is InChI=1S/C14H13N/c1-9-10-5-2-3-6-11(10)12-7-4-8-13(15)14(9)12/h2-9H,15H2,1H3. The number of benzene rings is 2. The van der Waals surface area contributed by atoms with Crippen LogP contribution in [-0.4, -0.2) is 0 Å². The maximum absolute atomic E-state index is 6.04. The summed E-state index contributed by atoms with van der Waals surface area (Å²) in [5, 5.41) is 0. The molecular weight excluding hydrogens is 182 g/mol. The zero-order valence-electron chi connectivity index (χ0n) is 8.70. The predicted molar refractivity (Wildman–Crippen MR) is 63.8 cm³/mol. The summed E-state index contributed by atoms with van der Waals surface area (Å²) >= 11 is 0. The number of hydrogen-bond donors (Lipinski definition) is 1. The fraction of sp³-hybridized carbons (Fsp3) is 0.143. The Bertz CT molecular complexity index is 529. The van der Waals surface area contributed by atoms with E-state index in [-0.39, 0.29) is 0 Å². The van der Waals surface area contributed by atoms with E-state index in [1.165, 1.54) is 22.3 Å². The summed E-state index contributed by atoms with van der Waals surface area (Å²) < 4.78 is 0. The van der Waals surface area contributed by atoms with Gasteiger partial charge < -0.3 is 5.73 Å². The first-order valence-corrected chi connectivity index (χ1v) is 5.26. The van der Waals surface area contributed by atoms with Gasteiger partial charge in [0.2, 0.25) is 0 Å². The molecule has 0 saturated carbocycles. The van der Waals surface area contributed by atoms with Gasteiger partial charge in [0.1, 0.15) is 0 Å². The minimum atomic E-state index is 0.428. The van der Waals surface area contributed by atoms with Crippen molar-refractivity contribution in [1.82, 2.24) is 0 Å². The van der Waals surface area contributed by atoms with Gasteiger partial charge in [0, 0.05) is 11.6 Å². The van der Waals surface area contributed by atoms with Crippen LogP contribution in [0.4, 0.5) is 5.69 Å². The summed E-state index contributed by atoms with van der Waals surface area (Å²) in [5.74, 6) is 0.428. The van der Waals surface area contributed by atoms with Gasteiger partial charge >= 0.3 is 0 Å². The van der Waals surface area contributed by atoms with Crippen LogP contribution in [0.3, 0.4) is 0 Å². The fourth-order valence-corrected chi connectivity index (χ4v) is 2.58. The minimum absolute atomic E-state index is 0.428. The van der Waals surface area contributed by atoms with Gasteiger partial charge in [-0.2, -0.15) is 0 Å². The molecule has 0 saturated heterocycles. The quantitative estimate of drug-likeness (QED) is 0.640. The molecule has 74 valence electrons. The minimum Gasteiger partial charge on any atom is -0.398 e. The van der Waals surface area contributed by atoms with Crippen molar-refractivity contribution >= 4 is 5.69 Å². The second-order valence-electron chi connectivity index (χ2n) is 4.12. The third-order valence-corrected chi connectivity index (χ3v) is 3.29. The van der Waals surface area contributed by atoms with Gasteiger partial charge in [-0.15, -0.1) is 0 Å². The lowest BCUT2D eigenvalue weighted by atomic mass is 9.98. The van der Waals surface area contributed by atoms with Crippen molar-refractivity contribution in [3.8, 4) is 11.1 Å². The van der Waals surface area contributed by atoms with Gasteiger partial charge in [0.05, 0.1) is 0 Å². The van der Waals surface area contributed by atoms with Crippen LogP contribution in [0.2, 0.25) is 0 Å². The molecule has 1 unspecified atom stereocenters. The summed E-state index contributed by atoms with van der Waals surface area (Å²) in [5.41, 5.74) is 12.3. The molecular formula is C14H13N. The van der Waals surface area contributed by atoms with E-state index in [1.54, 1.807) is 0 Å². The van der Waals surface area contributed by atoms with E-state index in [0.717, 1.165) is 5.69 Å². The van der Waals surface area contributed by atoms with Crippen molar-refractivity contribution in [1.29, 1.82) is 0 Å². The number of nitrogen functional groups attached to an aromatic ring is 1. The summed E-state index contributed by atoms with van der Waals surface area (Å²) in [6, 6.07) is 14.7. The van der Waals surface area contributed by atoms with E-state index in [0.29, 0.717) is 5.92 Å². The molecule has 2 aromatic rings. The average molecular weight is 195 g/mol. The van der Waals surface area contributed by atoms with Gasteiger partial charge in [-0.3, -0.25) is 0 Å². The van der Waals surface area contributed by atoms with E-state index in [4.69, 9.17) is 5.73 Å². The van der Waals surface area contributed by atoms with Gasteiger partial charge in [0.25, 0.3) is 0 Å². The van der Waals surface area contributed by atoms with Crippen molar-refractivity contribution in [3.05, 3.63) is 53.6 Å². The summed E-state index contributed by atoms with van der Waals surface area (Å²) in [7, 11) is 0. The molecule has 3 rings (SSSR count). The summed E-state index contributed by atoms with van der Waals surface area (Å²) in [4.78, 5) is 0. The molecule has 1 atom stereocenters. The van der Waals surface area contributed by atoms with Crippen molar-refractivity contribution in [2.24, 2.45) is 0 Å². The third kappa shape index (κ3) is 1.03. The zero-order valence-corrected chi connectivity index (χ0v) is 8.70. The molecule has 1 aliphatic rings. The Morgan fingerprint density at radius 2 is 1.67 bits per heavy atom. The second kappa shape index (κ2) is 2.86. The van der Waals surface area contributed by atoms with Crippen LogP contribution >= 0.6 is 0 Å². The van der Waals surface area contributed by atoms with Crippen molar-refractivity contribution < 1.29 is 0 Å². The molecule has 1 nitrogen and oxygen atoms in total. The summed E-state index contributed by atoms with van der Waals surface area (Å²) in [6.07, 6.45) is 0. The number of anilines is 1. The van der Waals surface area contributed by atoms with Crippen LogP contribution in [0.15, 0.2) is 42.5 Å². The highest BCUT2D eigenvalue weighted by atomic mass is 14.6. The average Bonchev–Trinajstić information content (AvgIpc) is 2.55. The molecule has 0 amide bonds. The predicted octanol–water partition coefficient (Wildman–Crippen LogP) is 3.40. The van der Waals surface area contributed by atoms with E-state index in [1.807, 2.05) is 12.1 Å². The zero-order chi connectivity index (χ0) is 10.4. The van der Waals surface area contributed by atoms with Crippen LogP contribution in [0, 0.1) is 0 Å². The van der Waals surface area contributed by atoms with Gasteiger partial charge in [-0.25, -0.2) is 0 Å². The van der Waals surface area contributed by atoms with Crippen LogP contribution < -0.4 is 5.73 Å². The lowest BCUT2D eigenvalue weighted by Gasteiger charge is -2.08. The van der Waals surface area contributed by atoms with Crippen LogP contribution in [-0.2, 0) is 0 Å². The molecule has 0 aromatic heterocycles.